The number of rotatable bonds is 7. The van der Waals surface area contributed by atoms with Crippen LogP contribution in [-0.4, -0.2) is 34.9 Å². The number of carbonyl (C=O) groups excluding carboxylic acids is 1. The number of nitrogens with two attached hydrogens (primary N) is 1. The molecule has 2 rings (SSSR count). The molecule has 6 heteroatoms. The predicted molar refractivity (Wildman–Crippen MR) is 88.8 cm³/mol. The van der Waals surface area contributed by atoms with Crippen molar-refractivity contribution >= 4 is 44.7 Å². The molecule has 1 fully saturated rings. The van der Waals surface area contributed by atoms with Gasteiger partial charge in [0, 0.05) is 29.2 Å². The number of anilines is 1. The number of nitrogens with zero attached hydrogens (tertiary/aromatic N) is 1. The van der Waals surface area contributed by atoms with Gasteiger partial charge in [-0.15, -0.1) is 0 Å². The third-order valence-corrected chi connectivity index (χ3v) is 3.92. The Morgan fingerprint density at radius 3 is 2.60 bits per heavy atom. The third kappa shape index (κ3) is 5.19. The molecule has 0 heterocycles. The van der Waals surface area contributed by atoms with Crippen LogP contribution in [0, 0.1) is 0 Å². The van der Waals surface area contributed by atoms with Crippen molar-refractivity contribution in [2.45, 2.75) is 25.3 Å². The zero-order valence-corrected chi connectivity index (χ0v) is 13.5. The second kappa shape index (κ2) is 7.15. The second-order valence-corrected chi connectivity index (χ2v) is 6.41. The average molecular weight is 356 g/mol. The molecule has 0 aromatic heterocycles. The standard InChI is InChI=1S/C14H18BrN3OS/c15-10-1-3-11(4-2-10)17-14(19)9-18(12-5-6-12)8-7-13(16)20/h1-4,12H,5-9H2,(H2,16,20)(H,17,19). The highest BCUT2D eigenvalue weighted by molar-refractivity contribution is 9.10. The maximum absolute atomic E-state index is 12.1. The Morgan fingerprint density at radius 2 is 2.05 bits per heavy atom. The SMILES string of the molecule is NC(=S)CCN(CC(=O)Nc1ccc(Br)cc1)C1CC1. The first-order valence-electron chi connectivity index (χ1n) is 6.62. The van der Waals surface area contributed by atoms with Crippen molar-refractivity contribution in [1.29, 1.82) is 0 Å². The molecule has 0 unspecified atom stereocenters. The van der Waals surface area contributed by atoms with E-state index in [4.69, 9.17) is 18.0 Å². The van der Waals surface area contributed by atoms with E-state index in [-0.39, 0.29) is 5.91 Å². The molecule has 0 atom stereocenters. The van der Waals surface area contributed by atoms with Gasteiger partial charge >= 0.3 is 0 Å². The van der Waals surface area contributed by atoms with Crippen LogP contribution in [-0.2, 0) is 4.79 Å². The van der Waals surface area contributed by atoms with Gasteiger partial charge in [0.15, 0.2) is 0 Å². The van der Waals surface area contributed by atoms with Crippen molar-refractivity contribution in [3.05, 3.63) is 28.7 Å². The van der Waals surface area contributed by atoms with E-state index < -0.39 is 0 Å². The summed E-state index contributed by atoms with van der Waals surface area (Å²) in [6.07, 6.45) is 2.98. The van der Waals surface area contributed by atoms with Crippen LogP contribution in [0.4, 0.5) is 5.69 Å². The smallest absolute Gasteiger partial charge is 0.238 e. The summed E-state index contributed by atoms with van der Waals surface area (Å²) in [7, 11) is 0. The number of carbonyl (C=O) groups is 1. The minimum Gasteiger partial charge on any atom is -0.393 e. The first-order valence-corrected chi connectivity index (χ1v) is 7.82. The van der Waals surface area contributed by atoms with Crippen LogP contribution in [0.5, 0.6) is 0 Å². The summed E-state index contributed by atoms with van der Waals surface area (Å²) in [5.41, 5.74) is 6.34. The van der Waals surface area contributed by atoms with E-state index in [1.54, 1.807) is 0 Å². The summed E-state index contributed by atoms with van der Waals surface area (Å²) >= 11 is 8.27. The van der Waals surface area contributed by atoms with Crippen LogP contribution < -0.4 is 11.1 Å². The van der Waals surface area contributed by atoms with Crippen molar-refractivity contribution in [1.82, 2.24) is 4.90 Å². The van der Waals surface area contributed by atoms with Crippen molar-refractivity contribution in [2.24, 2.45) is 5.73 Å². The van der Waals surface area contributed by atoms with E-state index in [0.29, 0.717) is 24.0 Å². The summed E-state index contributed by atoms with van der Waals surface area (Å²) in [6, 6.07) is 8.07. The summed E-state index contributed by atoms with van der Waals surface area (Å²) < 4.78 is 0.992. The number of halogens is 1. The molecule has 1 amide bonds. The largest absolute Gasteiger partial charge is 0.393 e. The zero-order valence-electron chi connectivity index (χ0n) is 11.1. The van der Waals surface area contributed by atoms with Crippen LogP contribution in [0.25, 0.3) is 0 Å². The Labute approximate surface area is 132 Å². The molecule has 0 saturated heterocycles. The lowest BCUT2D eigenvalue weighted by Crippen LogP contribution is -2.36. The highest BCUT2D eigenvalue weighted by Crippen LogP contribution is 2.26. The zero-order chi connectivity index (χ0) is 14.5. The maximum Gasteiger partial charge on any atom is 0.238 e. The van der Waals surface area contributed by atoms with Crippen molar-refractivity contribution < 1.29 is 4.79 Å². The third-order valence-electron chi connectivity index (χ3n) is 3.18. The first kappa shape index (κ1) is 15.4. The quantitative estimate of drug-likeness (QED) is 0.738. The van der Waals surface area contributed by atoms with Crippen LogP contribution >= 0.6 is 28.1 Å². The topological polar surface area (TPSA) is 58.4 Å². The summed E-state index contributed by atoms with van der Waals surface area (Å²) in [5.74, 6) is 0.00200. The molecule has 1 aromatic rings. The van der Waals surface area contributed by atoms with Crippen LogP contribution in [0.1, 0.15) is 19.3 Å². The first-order chi connectivity index (χ1) is 9.54. The van der Waals surface area contributed by atoms with Gasteiger partial charge in [-0.3, -0.25) is 9.69 Å². The maximum atomic E-state index is 12.1. The summed E-state index contributed by atoms with van der Waals surface area (Å²) in [6.45, 7) is 1.15. The lowest BCUT2D eigenvalue weighted by molar-refractivity contribution is -0.117. The van der Waals surface area contributed by atoms with E-state index in [1.165, 1.54) is 0 Å². The molecular formula is C14H18BrN3OS. The molecule has 1 aliphatic carbocycles. The minimum absolute atomic E-state index is 0.00200. The number of amides is 1. The van der Waals surface area contributed by atoms with Gasteiger partial charge in [-0.05, 0) is 37.1 Å². The summed E-state index contributed by atoms with van der Waals surface area (Å²) in [5, 5.41) is 2.90. The molecule has 0 spiro atoms. The Kier molecular flexibility index (Phi) is 5.51. The molecule has 0 bridgehead atoms. The molecular weight excluding hydrogens is 338 g/mol. The molecule has 4 nitrogen and oxygen atoms in total. The average Bonchev–Trinajstić information content (AvgIpc) is 3.21. The van der Waals surface area contributed by atoms with E-state index in [2.05, 4.69) is 26.1 Å². The Hall–Kier alpha value is -0.980. The van der Waals surface area contributed by atoms with Crippen LogP contribution in [0.2, 0.25) is 0 Å². The lowest BCUT2D eigenvalue weighted by Gasteiger charge is -2.21. The molecule has 108 valence electrons. The normalized spacial score (nSPS) is 14.3. The predicted octanol–water partition coefficient (Wildman–Crippen LogP) is 2.53. The second-order valence-electron chi connectivity index (χ2n) is 4.97. The summed E-state index contributed by atoms with van der Waals surface area (Å²) in [4.78, 5) is 14.7. The Bertz CT molecular complexity index is 488. The Balaban J connectivity index is 1.84. The minimum atomic E-state index is 0.00200. The lowest BCUT2D eigenvalue weighted by atomic mass is 10.3. The number of nitrogens with one attached hydrogen (secondary N) is 1. The number of hydrogen-bond acceptors (Lipinski definition) is 3. The van der Waals surface area contributed by atoms with Gasteiger partial charge < -0.3 is 11.1 Å². The van der Waals surface area contributed by atoms with Gasteiger partial charge in [0.1, 0.15) is 0 Å². The molecule has 0 aliphatic heterocycles. The van der Waals surface area contributed by atoms with Gasteiger partial charge in [0.2, 0.25) is 5.91 Å². The fourth-order valence-corrected chi connectivity index (χ4v) is 2.36. The monoisotopic (exact) mass is 355 g/mol. The highest BCUT2D eigenvalue weighted by Gasteiger charge is 2.29. The molecule has 3 N–H and O–H groups in total. The van der Waals surface area contributed by atoms with Gasteiger partial charge in [-0.2, -0.15) is 0 Å². The van der Waals surface area contributed by atoms with Gasteiger partial charge in [0.25, 0.3) is 0 Å². The fraction of sp³-hybridized carbons (Fsp3) is 0.429. The van der Waals surface area contributed by atoms with E-state index in [9.17, 15) is 4.79 Å². The van der Waals surface area contributed by atoms with Gasteiger partial charge in [0.05, 0.1) is 11.5 Å². The number of hydrogen-bond donors (Lipinski definition) is 2. The van der Waals surface area contributed by atoms with Gasteiger partial charge in [-0.1, -0.05) is 28.1 Å². The highest BCUT2D eigenvalue weighted by atomic mass is 79.9. The van der Waals surface area contributed by atoms with Crippen LogP contribution in [0.3, 0.4) is 0 Å². The van der Waals surface area contributed by atoms with Gasteiger partial charge in [-0.25, -0.2) is 0 Å². The van der Waals surface area contributed by atoms with Crippen molar-refractivity contribution in [2.75, 3.05) is 18.4 Å². The number of thiocarbonyl (C=S) groups is 1. The molecule has 20 heavy (non-hydrogen) atoms. The molecule has 1 aliphatic rings. The van der Waals surface area contributed by atoms with Crippen molar-refractivity contribution in [3.8, 4) is 0 Å². The number of benzene rings is 1. The molecule has 1 aromatic carbocycles. The molecule has 1 saturated carbocycles. The van der Waals surface area contributed by atoms with Crippen molar-refractivity contribution in [3.63, 3.8) is 0 Å². The van der Waals surface area contributed by atoms with Crippen LogP contribution in [0.15, 0.2) is 28.7 Å². The van der Waals surface area contributed by atoms with E-state index in [1.807, 2.05) is 24.3 Å². The van der Waals surface area contributed by atoms with E-state index in [0.717, 1.165) is 29.5 Å². The fourth-order valence-electron chi connectivity index (χ4n) is 2.00. The van der Waals surface area contributed by atoms with E-state index >= 15 is 0 Å². The Morgan fingerprint density at radius 1 is 1.40 bits per heavy atom. The molecule has 0 radical (unpaired) electrons.